The predicted octanol–water partition coefficient (Wildman–Crippen LogP) is 1.76. The molecular formula is C8H14O2. The molecule has 10 heavy (non-hydrogen) atoms. The van der Waals surface area contributed by atoms with E-state index in [9.17, 15) is 4.79 Å². The predicted molar refractivity (Wildman–Crippen MR) is 40.6 cm³/mol. The van der Waals surface area contributed by atoms with Crippen molar-refractivity contribution >= 4 is 5.97 Å². The molecule has 0 saturated heterocycles. The molecule has 58 valence electrons. The van der Waals surface area contributed by atoms with E-state index in [1.807, 2.05) is 20.8 Å². The summed E-state index contributed by atoms with van der Waals surface area (Å²) in [6, 6.07) is 0. The highest BCUT2D eigenvalue weighted by Gasteiger charge is 2.22. The molecule has 2 nitrogen and oxygen atoms in total. The van der Waals surface area contributed by atoms with Gasteiger partial charge in [-0.3, -0.25) is 4.79 Å². The Balaban J connectivity index is 3.74. The Labute approximate surface area is 61.9 Å². The summed E-state index contributed by atoms with van der Waals surface area (Å²) in [7, 11) is 0. The number of hydrogen-bond acceptors (Lipinski definition) is 2. The minimum atomic E-state index is -0.400. The molecule has 0 saturated carbocycles. The van der Waals surface area contributed by atoms with E-state index >= 15 is 0 Å². The number of rotatable bonds is 2. The van der Waals surface area contributed by atoms with Crippen LogP contribution in [0.25, 0.3) is 0 Å². The summed E-state index contributed by atoms with van der Waals surface area (Å²) in [6.45, 7) is 9.19. The van der Waals surface area contributed by atoms with E-state index in [2.05, 4.69) is 6.58 Å². The fourth-order valence-corrected chi connectivity index (χ4v) is 0.351. The normalized spacial score (nSPS) is 10.7. The first kappa shape index (κ1) is 9.21. The second-order valence-electron chi connectivity index (χ2n) is 3.14. The van der Waals surface area contributed by atoms with Crippen molar-refractivity contribution in [2.45, 2.75) is 20.8 Å². The summed E-state index contributed by atoms with van der Waals surface area (Å²) < 4.78 is 4.80. The molecule has 0 N–H and O–H groups in total. The van der Waals surface area contributed by atoms with Crippen molar-refractivity contribution in [1.29, 1.82) is 0 Å². The van der Waals surface area contributed by atoms with Crippen LogP contribution in [0.2, 0.25) is 0 Å². The lowest BCUT2D eigenvalue weighted by Gasteiger charge is -2.15. The van der Waals surface area contributed by atoms with Gasteiger partial charge in [-0.25, -0.2) is 0 Å². The second-order valence-corrected chi connectivity index (χ2v) is 3.14. The Morgan fingerprint density at radius 2 is 2.10 bits per heavy atom. The summed E-state index contributed by atoms with van der Waals surface area (Å²) >= 11 is 0. The van der Waals surface area contributed by atoms with Gasteiger partial charge in [0.1, 0.15) is 6.61 Å². The minimum Gasteiger partial charge on any atom is -0.461 e. The average Bonchev–Trinajstić information content (AvgIpc) is 1.80. The Morgan fingerprint density at radius 3 is 2.40 bits per heavy atom. The molecule has 2 heteroatoms. The molecule has 0 aliphatic rings. The van der Waals surface area contributed by atoms with Crippen LogP contribution in [-0.4, -0.2) is 12.6 Å². The lowest BCUT2D eigenvalue weighted by molar-refractivity contribution is -0.151. The van der Waals surface area contributed by atoms with Gasteiger partial charge in [0.25, 0.3) is 0 Å². The maximum absolute atomic E-state index is 11.0. The molecule has 0 spiro atoms. The third-order valence-electron chi connectivity index (χ3n) is 0.945. The monoisotopic (exact) mass is 142 g/mol. The molecule has 0 aromatic rings. The quantitative estimate of drug-likeness (QED) is 0.434. The van der Waals surface area contributed by atoms with Gasteiger partial charge in [0, 0.05) is 0 Å². The van der Waals surface area contributed by atoms with E-state index in [1.54, 1.807) is 6.08 Å². The van der Waals surface area contributed by atoms with Gasteiger partial charge in [-0.2, -0.15) is 0 Å². The van der Waals surface area contributed by atoms with E-state index in [1.165, 1.54) is 0 Å². The van der Waals surface area contributed by atoms with Gasteiger partial charge >= 0.3 is 5.97 Å². The number of carbonyl (C=O) groups is 1. The Bertz CT molecular complexity index is 131. The molecular weight excluding hydrogens is 128 g/mol. The summed E-state index contributed by atoms with van der Waals surface area (Å²) in [4.78, 5) is 11.0. The zero-order valence-corrected chi connectivity index (χ0v) is 6.81. The van der Waals surface area contributed by atoms with Crippen LogP contribution in [0.15, 0.2) is 12.7 Å². The van der Waals surface area contributed by atoms with Gasteiger partial charge in [0.05, 0.1) is 5.41 Å². The van der Waals surface area contributed by atoms with Crippen LogP contribution in [0.5, 0.6) is 0 Å². The van der Waals surface area contributed by atoms with E-state index in [0.29, 0.717) is 6.61 Å². The van der Waals surface area contributed by atoms with Gasteiger partial charge in [-0.05, 0) is 20.8 Å². The first-order valence-corrected chi connectivity index (χ1v) is 3.26. The number of ether oxygens (including phenoxy) is 1. The lowest BCUT2D eigenvalue weighted by Crippen LogP contribution is -2.22. The summed E-state index contributed by atoms with van der Waals surface area (Å²) in [5.41, 5.74) is -0.400. The zero-order chi connectivity index (χ0) is 8.20. The van der Waals surface area contributed by atoms with E-state index in [4.69, 9.17) is 4.74 Å². The number of hydrogen-bond donors (Lipinski definition) is 0. The molecule has 0 aliphatic heterocycles. The number of carbonyl (C=O) groups excluding carboxylic acids is 1. The first-order valence-electron chi connectivity index (χ1n) is 3.26. The highest BCUT2D eigenvalue weighted by atomic mass is 16.5. The van der Waals surface area contributed by atoms with Crippen molar-refractivity contribution in [1.82, 2.24) is 0 Å². The Kier molecular flexibility index (Phi) is 3.13. The fraction of sp³-hybridized carbons (Fsp3) is 0.625. The molecule has 0 aliphatic carbocycles. The molecule has 0 unspecified atom stereocenters. The maximum Gasteiger partial charge on any atom is 0.311 e. The van der Waals surface area contributed by atoms with Crippen molar-refractivity contribution in [3.8, 4) is 0 Å². The second kappa shape index (κ2) is 3.40. The van der Waals surface area contributed by atoms with Gasteiger partial charge in [0.15, 0.2) is 0 Å². The molecule has 0 rings (SSSR count). The SMILES string of the molecule is C=CCOC(=O)C(C)(C)C. The minimum absolute atomic E-state index is 0.188. The van der Waals surface area contributed by atoms with Crippen molar-refractivity contribution in [3.63, 3.8) is 0 Å². The largest absolute Gasteiger partial charge is 0.461 e. The molecule has 0 aromatic heterocycles. The van der Waals surface area contributed by atoms with Crippen LogP contribution in [-0.2, 0) is 9.53 Å². The van der Waals surface area contributed by atoms with Crippen LogP contribution in [0, 0.1) is 5.41 Å². The molecule has 0 fully saturated rings. The van der Waals surface area contributed by atoms with E-state index < -0.39 is 5.41 Å². The standard InChI is InChI=1S/C8H14O2/c1-5-6-10-7(9)8(2,3)4/h5H,1,6H2,2-4H3. The van der Waals surface area contributed by atoms with Crippen molar-refractivity contribution in [2.24, 2.45) is 5.41 Å². The fourth-order valence-electron chi connectivity index (χ4n) is 0.351. The lowest BCUT2D eigenvalue weighted by atomic mass is 9.97. The molecule has 0 atom stereocenters. The summed E-state index contributed by atoms with van der Waals surface area (Å²) in [5.74, 6) is -0.188. The molecule has 0 bridgehead atoms. The number of esters is 1. The van der Waals surface area contributed by atoms with Gasteiger partial charge in [0.2, 0.25) is 0 Å². The van der Waals surface area contributed by atoms with Gasteiger partial charge < -0.3 is 4.74 Å². The summed E-state index contributed by atoms with van der Waals surface area (Å²) in [5, 5.41) is 0. The smallest absolute Gasteiger partial charge is 0.311 e. The molecule has 0 amide bonds. The van der Waals surface area contributed by atoms with Gasteiger partial charge in [-0.15, -0.1) is 0 Å². The van der Waals surface area contributed by atoms with Gasteiger partial charge in [-0.1, -0.05) is 12.7 Å². The highest BCUT2D eigenvalue weighted by Crippen LogP contribution is 2.14. The third kappa shape index (κ3) is 3.28. The van der Waals surface area contributed by atoms with Crippen molar-refractivity contribution in [3.05, 3.63) is 12.7 Å². The van der Waals surface area contributed by atoms with Crippen LogP contribution >= 0.6 is 0 Å². The molecule has 0 radical (unpaired) electrons. The average molecular weight is 142 g/mol. The van der Waals surface area contributed by atoms with Crippen LogP contribution < -0.4 is 0 Å². The molecule has 0 heterocycles. The highest BCUT2D eigenvalue weighted by molar-refractivity contribution is 5.75. The van der Waals surface area contributed by atoms with Crippen molar-refractivity contribution < 1.29 is 9.53 Å². The van der Waals surface area contributed by atoms with E-state index in [-0.39, 0.29) is 5.97 Å². The van der Waals surface area contributed by atoms with Crippen molar-refractivity contribution in [2.75, 3.05) is 6.61 Å². The Morgan fingerprint density at radius 1 is 1.60 bits per heavy atom. The summed E-state index contributed by atoms with van der Waals surface area (Å²) in [6.07, 6.45) is 1.56. The molecule has 0 aromatic carbocycles. The van der Waals surface area contributed by atoms with Crippen LogP contribution in [0.3, 0.4) is 0 Å². The Hall–Kier alpha value is -0.790. The van der Waals surface area contributed by atoms with E-state index in [0.717, 1.165) is 0 Å². The van der Waals surface area contributed by atoms with Crippen LogP contribution in [0.4, 0.5) is 0 Å². The zero-order valence-electron chi connectivity index (χ0n) is 6.81. The van der Waals surface area contributed by atoms with Crippen LogP contribution in [0.1, 0.15) is 20.8 Å². The first-order chi connectivity index (χ1) is 4.48. The maximum atomic E-state index is 11.0. The third-order valence-corrected chi connectivity index (χ3v) is 0.945. The topological polar surface area (TPSA) is 26.3 Å².